The zero-order valence-electron chi connectivity index (χ0n) is 14.3. The van der Waals surface area contributed by atoms with Crippen molar-refractivity contribution in [3.63, 3.8) is 0 Å². The summed E-state index contributed by atoms with van der Waals surface area (Å²) in [6.45, 7) is 4.38. The number of hydrogen-bond donors (Lipinski definition) is 3. The molecule has 0 fully saturated rings. The number of sulfonamides is 1. The molecule has 0 aliphatic heterocycles. The molecule has 3 N–H and O–H groups in total. The van der Waals surface area contributed by atoms with Crippen LogP contribution < -0.4 is 20.3 Å². The fourth-order valence-electron chi connectivity index (χ4n) is 1.81. The molecule has 27 heavy (non-hydrogen) atoms. The minimum absolute atomic E-state index is 0.0797. The van der Waals surface area contributed by atoms with Crippen molar-refractivity contribution in [2.75, 3.05) is 7.11 Å². The molecule has 1 aromatic carbocycles. The van der Waals surface area contributed by atoms with E-state index in [1.54, 1.807) is 23.2 Å². The molecule has 0 spiro atoms. The molecule has 6 nitrogen and oxygen atoms in total. The summed E-state index contributed by atoms with van der Waals surface area (Å²) < 4.78 is 106. The Hall–Kier alpha value is -2.15. The molecule has 0 saturated heterocycles. The Bertz CT molecular complexity index is 791. The predicted molar refractivity (Wildman–Crippen MR) is 84.0 cm³/mol. The predicted octanol–water partition coefficient (Wildman–Crippen LogP) is 2.73. The maximum absolute atomic E-state index is 12.8. The summed E-state index contributed by atoms with van der Waals surface area (Å²) >= 11 is 0. The van der Waals surface area contributed by atoms with E-state index >= 15 is 0 Å². The van der Waals surface area contributed by atoms with E-state index in [2.05, 4.69) is 6.58 Å². The highest BCUT2D eigenvalue weighted by Crippen LogP contribution is 2.43. The first kappa shape index (κ1) is 22.9. The zero-order valence-corrected chi connectivity index (χ0v) is 15.2. The molecule has 0 heterocycles. The van der Waals surface area contributed by atoms with Crippen molar-refractivity contribution < 1.29 is 39.5 Å². The molecule has 0 atom stereocenters. The van der Waals surface area contributed by atoms with Crippen LogP contribution in [0.2, 0.25) is 0 Å². The largest absolute Gasteiger partial charge is 0.495 e. The lowest BCUT2D eigenvalue weighted by atomic mass is 10.0. The van der Waals surface area contributed by atoms with Gasteiger partial charge in [-0.1, -0.05) is 12.6 Å². The standard InChI is InChI=1S/C14H17F6N3O3S/c1-8-5-6-10(26-4)11(7-8)27(24,25)23-22-9(2)21-12(3,13(15,16)17)14(18,19)20/h5-7,21-23H,2H2,1,3-4H3. The van der Waals surface area contributed by atoms with Gasteiger partial charge in [-0.3, -0.25) is 5.43 Å². The Balaban J connectivity index is 3.01. The van der Waals surface area contributed by atoms with Crippen molar-refractivity contribution in [3.05, 3.63) is 36.2 Å². The number of methoxy groups -OCH3 is 1. The molecule has 0 aromatic heterocycles. The Kier molecular flexibility index (Phi) is 6.33. The van der Waals surface area contributed by atoms with E-state index in [1.807, 2.05) is 0 Å². The van der Waals surface area contributed by atoms with Crippen LogP contribution in [0.25, 0.3) is 0 Å². The van der Waals surface area contributed by atoms with Crippen LogP contribution in [0.3, 0.4) is 0 Å². The molecule has 0 radical (unpaired) electrons. The van der Waals surface area contributed by atoms with E-state index in [0.717, 1.165) is 5.32 Å². The lowest BCUT2D eigenvalue weighted by Gasteiger charge is -2.36. The number of ether oxygens (including phenoxy) is 1. The van der Waals surface area contributed by atoms with Crippen molar-refractivity contribution in [1.82, 2.24) is 15.6 Å². The normalized spacial score (nSPS) is 13.2. The van der Waals surface area contributed by atoms with Gasteiger partial charge >= 0.3 is 12.4 Å². The Labute approximate surface area is 151 Å². The van der Waals surface area contributed by atoms with Gasteiger partial charge in [0.25, 0.3) is 10.0 Å². The van der Waals surface area contributed by atoms with Crippen LogP contribution in [0.5, 0.6) is 5.75 Å². The fourth-order valence-corrected chi connectivity index (χ4v) is 2.94. The molecule has 1 rings (SSSR count). The molecule has 0 aliphatic rings. The van der Waals surface area contributed by atoms with Crippen molar-refractivity contribution in [2.45, 2.75) is 36.6 Å². The average Bonchev–Trinajstić information content (AvgIpc) is 2.51. The number of nitrogens with one attached hydrogen (secondary N) is 3. The number of halogens is 6. The SMILES string of the molecule is C=C(NNS(=O)(=O)c1cc(C)ccc1OC)NC(C)(C(F)(F)F)C(F)(F)F. The van der Waals surface area contributed by atoms with Crippen molar-refractivity contribution >= 4 is 10.0 Å². The summed E-state index contributed by atoms with van der Waals surface area (Å²) in [5.74, 6) is -1.15. The Morgan fingerprint density at radius 1 is 1.11 bits per heavy atom. The van der Waals surface area contributed by atoms with Gasteiger partial charge < -0.3 is 10.1 Å². The summed E-state index contributed by atoms with van der Waals surface area (Å²) in [4.78, 5) is 1.27. The number of alkyl halides is 6. The van der Waals surface area contributed by atoms with Gasteiger partial charge in [-0.2, -0.15) is 26.3 Å². The second kappa shape index (κ2) is 7.46. The van der Waals surface area contributed by atoms with Crippen molar-refractivity contribution in [1.29, 1.82) is 0 Å². The van der Waals surface area contributed by atoms with E-state index in [1.165, 1.54) is 19.2 Å². The zero-order chi connectivity index (χ0) is 21.3. The molecule has 1 aromatic rings. The third kappa shape index (κ3) is 4.97. The van der Waals surface area contributed by atoms with E-state index in [-0.39, 0.29) is 17.6 Å². The number of benzene rings is 1. The molecule has 0 saturated carbocycles. The minimum atomic E-state index is -5.73. The van der Waals surface area contributed by atoms with Crippen LogP contribution in [0.4, 0.5) is 26.3 Å². The lowest BCUT2D eigenvalue weighted by molar-refractivity contribution is -0.299. The average molecular weight is 421 g/mol. The number of rotatable bonds is 7. The van der Waals surface area contributed by atoms with Crippen LogP contribution in [0, 0.1) is 6.92 Å². The molecule has 154 valence electrons. The van der Waals surface area contributed by atoms with Gasteiger partial charge in [0.2, 0.25) is 5.54 Å². The van der Waals surface area contributed by atoms with E-state index < -0.39 is 33.7 Å². The molecule has 0 unspecified atom stereocenters. The topological polar surface area (TPSA) is 79.5 Å². The molecule has 13 heteroatoms. The second-order valence-corrected chi connectivity index (χ2v) is 7.26. The molecule has 0 aliphatic carbocycles. The smallest absolute Gasteiger partial charge is 0.420 e. The van der Waals surface area contributed by atoms with Gasteiger partial charge in [-0.05, 0) is 31.5 Å². The van der Waals surface area contributed by atoms with Crippen LogP contribution in [-0.4, -0.2) is 33.4 Å². The van der Waals surface area contributed by atoms with Crippen LogP contribution in [0.15, 0.2) is 35.5 Å². The summed E-state index contributed by atoms with van der Waals surface area (Å²) in [6, 6.07) is 4.08. The summed E-state index contributed by atoms with van der Waals surface area (Å²) in [5.41, 5.74) is -2.13. The Morgan fingerprint density at radius 3 is 2.07 bits per heavy atom. The third-order valence-corrected chi connectivity index (χ3v) is 4.75. The molecular formula is C14H17F6N3O3S. The monoisotopic (exact) mass is 421 g/mol. The van der Waals surface area contributed by atoms with Gasteiger partial charge in [-0.15, -0.1) is 4.83 Å². The second-order valence-electron chi connectivity index (χ2n) is 5.61. The summed E-state index contributed by atoms with van der Waals surface area (Å²) in [6.07, 6.45) is -11.5. The molecule has 0 amide bonds. The van der Waals surface area contributed by atoms with Gasteiger partial charge in [0.05, 0.1) is 7.11 Å². The van der Waals surface area contributed by atoms with Crippen LogP contribution in [0.1, 0.15) is 12.5 Å². The summed E-state index contributed by atoms with van der Waals surface area (Å²) in [5, 5.41) is 1.12. The maximum atomic E-state index is 12.8. The highest BCUT2D eigenvalue weighted by atomic mass is 32.2. The first-order chi connectivity index (χ1) is 12.0. The van der Waals surface area contributed by atoms with Crippen molar-refractivity contribution in [2.24, 2.45) is 0 Å². The highest BCUT2D eigenvalue weighted by molar-refractivity contribution is 7.89. The van der Waals surface area contributed by atoms with Gasteiger partial charge in [0.1, 0.15) is 16.5 Å². The quantitative estimate of drug-likeness (QED) is 0.466. The number of aryl methyl sites for hydroxylation is 1. The lowest BCUT2D eigenvalue weighted by Crippen LogP contribution is -2.65. The van der Waals surface area contributed by atoms with E-state index in [0.29, 0.717) is 5.56 Å². The van der Waals surface area contributed by atoms with Gasteiger partial charge in [0, 0.05) is 0 Å². The Morgan fingerprint density at radius 2 is 1.63 bits per heavy atom. The molecule has 0 bridgehead atoms. The fraction of sp³-hybridized carbons (Fsp3) is 0.429. The van der Waals surface area contributed by atoms with Gasteiger partial charge in [-0.25, -0.2) is 8.42 Å². The summed E-state index contributed by atoms with van der Waals surface area (Å²) in [7, 11) is -3.21. The first-order valence-corrected chi connectivity index (χ1v) is 8.56. The van der Waals surface area contributed by atoms with E-state index in [4.69, 9.17) is 4.74 Å². The highest BCUT2D eigenvalue weighted by Gasteiger charge is 2.68. The van der Waals surface area contributed by atoms with Crippen LogP contribution >= 0.6 is 0 Å². The minimum Gasteiger partial charge on any atom is -0.495 e. The van der Waals surface area contributed by atoms with Crippen molar-refractivity contribution in [3.8, 4) is 5.75 Å². The first-order valence-electron chi connectivity index (χ1n) is 7.08. The van der Waals surface area contributed by atoms with Gasteiger partial charge in [0.15, 0.2) is 0 Å². The number of hydrazine groups is 1. The van der Waals surface area contributed by atoms with E-state index in [9.17, 15) is 34.8 Å². The molecular weight excluding hydrogens is 404 g/mol. The third-order valence-electron chi connectivity index (χ3n) is 3.48. The van der Waals surface area contributed by atoms with Crippen LogP contribution in [-0.2, 0) is 10.0 Å². The maximum Gasteiger partial charge on any atom is 0.420 e. The number of hydrogen-bond acceptors (Lipinski definition) is 5.